The van der Waals surface area contributed by atoms with Crippen LogP contribution in [0.1, 0.15) is 5.56 Å². The van der Waals surface area contributed by atoms with Crippen molar-refractivity contribution in [3.05, 3.63) is 71.9 Å². The number of nitrogens with zero attached hydrogens (tertiary/aromatic N) is 2. The van der Waals surface area contributed by atoms with Crippen molar-refractivity contribution in [3.63, 3.8) is 0 Å². The van der Waals surface area contributed by atoms with Gasteiger partial charge in [-0.2, -0.15) is 5.26 Å². The summed E-state index contributed by atoms with van der Waals surface area (Å²) in [7, 11) is 0. The summed E-state index contributed by atoms with van der Waals surface area (Å²) in [6.07, 6.45) is 3.16. The highest BCUT2D eigenvalue weighted by Gasteiger charge is 2.09. The molecule has 3 aromatic rings. The van der Waals surface area contributed by atoms with Crippen LogP contribution >= 0.6 is 0 Å². The second-order valence-corrected chi connectivity index (χ2v) is 4.76. The zero-order valence-corrected chi connectivity index (χ0v) is 11.6. The number of carboxylic acids is 1. The maximum atomic E-state index is 10.9. The highest BCUT2D eigenvalue weighted by atomic mass is 16.4. The first-order chi connectivity index (χ1) is 10.7. The van der Waals surface area contributed by atoms with Crippen LogP contribution in [0.5, 0.6) is 0 Å². The third kappa shape index (κ3) is 2.36. The van der Waals surface area contributed by atoms with Gasteiger partial charge in [-0.15, -0.1) is 0 Å². The molecule has 106 valence electrons. The molecular formula is C18H11N2O2-. The van der Waals surface area contributed by atoms with Crippen LogP contribution in [0, 0.1) is 11.3 Å². The van der Waals surface area contributed by atoms with E-state index >= 15 is 0 Å². The molecule has 0 fully saturated rings. The molecule has 0 amide bonds. The minimum Gasteiger partial charge on any atom is -0.544 e. The molecule has 0 atom stereocenters. The Kier molecular flexibility index (Phi) is 3.47. The summed E-state index contributed by atoms with van der Waals surface area (Å²) in [5, 5.41) is 20.7. The molecule has 1 heterocycles. The molecule has 0 saturated heterocycles. The molecule has 0 spiro atoms. The van der Waals surface area contributed by atoms with Gasteiger partial charge in [0.2, 0.25) is 0 Å². The lowest BCUT2D eigenvalue weighted by atomic mass is 10.1. The van der Waals surface area contributed by atoms with E-state index < -0.39 is 11.5 Å². The molecule has 22 heavy (non-hydrogen) atoms. The van der Waals surface area contributed by atoms with E-state index in [0.717, 1.165) is 16.6 Å². The smallest absolute Gasteiger partial charge is 0.101 e. The number of nitriles is 1. The predicted molar refractivity (Wildman–Crippen MR) is 81.9 cm³/mol. The lowest BCUT2D eigenvalue weighted by Crippen LogP contribution is -2.23. The first kappa shape index (κ1) is 13.7. The monoisotopic (exact) mass is 287 g/mol. The Labute approximate surface area is 127 Å². The molecule has 1 aromatic heterocycles. The van der Waals surface area contributed by atoms with Gasteiger partial charge in [0.05, 0.1) is 17.1 Å². The van der Waals surface area contributed by atoms with Crippen LogP contribution in [-0.4, -0.2) is 10.5 Å². The maximum absolute atomic E-state index is 10.9. The van der Waals surface area contributed by atoms with Crippen molar-refractivity contribution in [2.45, 2.75) is 0 Å². The maximum Gasteiger partial charge on any atom is 0.101 e. The van der Waals surface area contributed by atoms with Gasteiger partial charge in [-0.25, -0.2) is 0 Å². The van der Waals surface area contributed by atoms with Crippen LogP contribution in [0.4, 0.5) is 0 Å². The average molecular weight is 287 g/mol. The van der Waals surface area contributed by atoms with Crippen LogP contribution in [0.15, 0.2) is 66.4 Å². The topological polar surface area (TPSA) is 68.8 Å². The Morgan fingerprint density at radius 3 is 2.45 bits per heavy atom. The molecule has 2 aromatic carbocycles. The summed E-state index contributed by atoms with van der Waals surface area (Å²) < 4.78 is 1.96. The van der Waals surface area contributed by atoms with E-state index in [2.05, 4.69) is 0 Å². The third-order valence-corrected chi connectivity index (χ3v) is 3.42. The van der Waals surface area contributed by atoms with E-state index in [9.17, 15) is 9.90 Å². The van der Waals surface area contributed by atoms with E-state index in [0.29, 0.717) is 5.56 Å². The Balaban J connectivity index is 2.26. The molecular weight excluding hydrogens is 276 g/mol. The number of aliphatic carboxylic acids is 1. The van der Waals surface area contributed by atoms with E-state index in [1.54, 1.807) is 6.07 Å². The lowest BCUT2D eigenvalue weighted by Gasteiger charge is -2.04. The molecule has 0 unspecified atom stereocenters. The van der Waals surface area contributed by atoms with Crippen molar-refractivity contribution in [2.75, 3.05) is 0 Å². The normalized spacial score (nSPS) is 11.3. The molecule has 4 nitrogen and oxygen atoms in total. The minimum atomic E-state index is -1.47. The Morgan fingerprint density at radius 1 is 1.09 bits per heavy atom. The molecule has 0 bridgehead atoms. The summed E-state index contributed by atoms with van der Waals surface area (Å²) in [6, 6.07) is 19.0. The number of benzene rings is 2. The zero-order valence-electron chi connectivity index (χ0n) is 11.6. The molecule has 0 saturated carbocycles. The molecule has 0 N–H and O–H groups in total. The Morgan fingerprint density at radius 2 is 1.77 bits per heavy atom. The fourth-order valence-electron chi connectivity index (χ4n) is 2.42. The number of para-hydroxylation sites is 2. The highest BCUT2D eigenvalue weighted by molar-refractivity contribution is 5.99. The van der Waals surface area contributed by atoms with Crippen LogP contribution in [-0.2, 0) is 4.79 Å². The number of aromatic nitrogens is 1. The lowest BCUT2D eigenvalue weighted by molar-refractivity contribution is -0.298. The number of carbonyl (C=O) groups excluding carboxylic acids is 1. The molecule has 0 aliphatic heterocycles. The van der Waals surface area contributed by atoms with Crippen molar-refractivity contribution < 1.29 is 9.90 Å². The van der Waals surface area contributed by atoms with Gasteiger partial charge < -0.3 is 14.5 Å². The molecule has 4 heteroatoms. The standard InChI is InChI=1S/C18H12N2O2/c19-11-13(18(21)22)10-14-12-20(15-6-2-1-3-7-15)17-9-5-4-8-16(14)17/h1-10,12H,(H,21,22)/p-1/b13-10-. The number of hydrogen-bond donors (Lipinski definition) is 0. The Bertz CT molecular complexity index is 915. The number of rotatable bonds is 3. The van der Waals surface area contributed by atoms with Crippen molar-refractivity contribution in [1.29, 1.82) is 5.26 Å². The zero-order chi connectivity index (χ0) is 15.5. The van der Waals surface area contributed by atoms with Gasteiger partial charge in [-0.3, -0.25) is 0 Å². The van der Waals surface area contributed by atoms with Gasteiger partial charge in [0.15, 0.2) is 0 Å². The fourth-order valence-corrected chi connectivity index (χ4v) is 2.42. The van der Waals surface area contributed by atoms with Crippen LogP contribution < -0.4 is 5.11 Å². The highest BCUT2D eigenvalue weighted by Crippen LogP contribution is 2.26. The summed E-state index contributed by atoms with van der Waals surface area (Å²) in [4.78, 5) is 10.9. The summed E-state index contributed by atoms with van der Waals surface area (Å²) in [5.41, 5.74) is 2.18. The van der Waals surface area contributed by atoms with E-state index in [4.69, 9.17) is 5.26 Å². The van der Waals surface area contributed by atoms with E-state index in [1.165, 1.54) is 6.08 Å². The van der Waals surface area contributed by atoms with E-state index in [-0.39, 0.29) is 0 Å². The van der Waals surface area contributed by atoms with Crippen LogP contribution in [0.25, 0.3) is 22.7 Å². The minimum absolute atomic E-state index is 0.393. The first-order valence-corrected chi connectivity index (χ1v) is 6.69. The van der Waals surface area contributed by atoms with Crippen molar-refractivity contribution in [3.8, 4) is 11.8 Å². The molecule has 0 radical (unpaired) electrons. The number of carboxylic acid groups (broad SMARTS) is 1. The van der Waals surface area contributed by atoms with Gasteiger partial charge in [-0.1, -0.05) is 36.4 Å². The van der Waals surface area contributed by atoms with Crippen molar-refractivity contribution in [2.24, 2.45) is 0 Å². The summed E-state index contributed by atoms with van der Waals surface area (Å²) in [6.45, 7) is 0. The molecule has 0 aliphatic rings. The Hall–Kier alpha value is -3.32. The number of carbonyl (C=O) groups is 1. The van der Waals surface area contributed by atoms with Gasteiger partial charge >= 0.3 is 0 Å². The average Bonchev–Trinajstić information content (AvgIpc) is 2.92. The van der Waals surface area contributed by atoms with Gasteiger partial charge in [-0.05, 0) is 24.3 Å². The SMILES string of the molecule is N#C/C(=C/c1cn(-c2ccccc2)c2ccccc12)C(=O)[O-]. The van der Waals surface area contributed by atoms with Crippen LogP contribution in [0.2, 0.25) is 0 Å². The van der Waals surface area contributed by atoms with Gasteiger partial charge in [0.25, 0.3) is 0 Å². The van der Waals surface area contributed by atoms with E-state index in [1.807, 2.05) is 65.4 Å². The summed E-state index contributed by atoms with van der Waals surface area (Å²) in [5.74, 6) is -1.47. The van der Waals surface area contributed by atoms with Gasteiger partial charge in [0.1, 0.15) is 6.07 Å². The van der Waals surface area contributed by atoms with Crippen molar-refractivity contribution in [1.82, 2.24) is 4.57 Å². The van der Waals surface area contributed by atoms with Crippen molar-refractivity contribution >= 4 is 22.9 Å². The molecule has 0 aliphatic carbocycles. The summed E-state index contributed by atoms with van der Waals surface area (Å²) >= 11 is 0. The number of fused-ring (bicyclic) bond motifs is 1. The quantitative estimate of drug-likeness (QED) is 0.548. The molecule has 3 rings (SSSR count). The second-order valence-electron chi connectivity index (χ2n) is 4.76. The van der Waals surface area contributed by atoms with Gasteiger partial charge in [0, 0.05) is 22.8 Å². The second kappa shape index (κ2) is 5.58. The number of hydrogen-bond acceptors (Lipinski definition) is 3. The van der Waals surface area contributed by atoms with Crippen LogP contribution in [0.3, 0.4) is 0 Å². The third-order valence-electron chi connectivity index (χ3n) is 3.42. The fraction of sp³-hybridized carbons (Fsp3) is 0. The predicted octanol–water partition coefficient (Wildman–Crippen LogP) is 2.29. The first-order valence-electron chi connectivity index (χ1n) is 6.69. The largest absolute Gasteiger partial charge is 0.544 e.